The Balaban J connectivity index is 1.63. The maximum absolute atomic E-state index is 4.58. The number of benzene rings is 1. The lowest BCUT2D eigenvalue weighted by atomic mass is 10.1. The molecule has 1 aromatic carbocycles. The molecule has 0 bridgehead atoms. The molecule has 1 aliphatic rings. The van der Waals surface area contributed by atoms with E-state index in [1.807, 2.05) is 6.92 Å². The maximum Gasteiger partial charge on any atom is 0.0705 e. The molecular formula is C19H27N3. The standard InChI is InChI=1S/C19H27N3/c1-4-21(3)12-17-9-10-22(14-17)13-16-6-8-19-18(11-16)7-5-15(2)20-19/h5-8,11,17H,4,9-10,12-14H2,1-3H3. The summed E-state index contributed by atoms with van der Waals surface area (Å²) in [7, 11) is 2.22. The van der Waals surface area contributed by atoms with E-state index >= 15 is 0 Å². The SMILES string of the molecule is CCN(C)CC1CCN(Cc2ccc3nc(C)ccc3c2)C1. The molecular weight excluding hydrogens is 270 g/mol. The van der Waals surface area contributed by atoms with Gasteiger partial charge in [0.25, 0.3) is 0 Å². The van der Waals surface area contributed by atoms with Crippen LogP contribution in [0.3, 0.4) is 0 Å². The number of aromatic nitrogens is 1. The Morgan fingerprint density at radius 1 is 1.27 bits per heavy atom. The largest absolute Gasteiger partial charge is 0.306 e. The van der Waals surface area contributed by atoms with Crippen LogP contribution in [0.4, 0.5) is 0 Å². The number of rotatable bonds is 5. The van der Waals surface area contributed by atoms with Crippen LogP contribution in [0, 0.1) is 12.8 Å². The second-order valence-electron chi connectivity index (χ2n) is 6.72. The quantitative estimate of drug-likeness (QED) is 0.844. The maximum atomic E-state index is 4.58. The van der Waals surface area contributed by atoms with Gasteiger partial charge in [-0.15, -0.1) is 0 Å². The van der Waals surface area contributed by atoms with E-state index in [0.29, 0.717) is 0 Å². The fraction of sp³-hybridized carbons (Fsp3) is 0.526. The summed E-state index contributed by atoms with van der Waals surface area (Å²) < 4.78 is 0. The third-order valence-corrected chi connectivity index (χ3v) is 4.78. The van der Waals surface area contributed by atoms with Gasteiger partial charge in [0.15, 0.2) is 0 Å². The Bertz CT molecular complexity index is 638. The van der Waals surface area contributed by atoms with Crippen LogP contribution in [0.15, 0.2) is 30.3 Å². The second-order valence-corrected chi connectivity index (χ2v) is 6.72. The first kappa shape index (κ1) is 15.4. The number of fused-ring (bicyclic) bond motifs is 1. The highest BCUT2D eigenvalue weighted by Gasteiger charge is 2.23. The molecule has 22 heavy (non-hydrogen) atoms. The van der Waals surface area contributed by atoms with Crippen LogP contribution in [-0.2, 0) is 6.54 Å². The fourth-order valence-electron chi connectivity index (χ4n) is 3.41. The molecule has 1 unspecified atom stereocenters. The highest BCUT2D eigenvalue weighted by molar-refractivity contribution is 5.79. The van der Waals surface area contributed by atoms with Gasteiger partial charge in [0, 0.05) is 30.7 Å². The molecule has 3 nitrogen and oxygen atoms in total. The zero-order valence-electron chi connectivity index (χ0n) is 14.0. The van der Waals surface area contributed by atoms with Crippen LogP contribution in [0.25, 0.3) is 10.9 Å². The average Bonchev–Trinajstić information content (AvgIpc) is 2.94. The van der Waals surface area contributed by atoms with E-state index < -0.39 is 0 Å². The van der Waals surface area contributed by atoms with Crippen molar-refractivity contribution in [1.82, 2.24) is 14.8 Å². The summed E-state index contributed by atoms with van der Waals surface area (Å²) >= 11 is 0. The molecule has 0 aliphatic carbocycles. The number of hydrogen-bond acceptors (Lipinski definition) is 3. The highest BCUT2D eigenvalue weighted by atomic mass is 15.2. The molecule has 1 fully saturated rings. The molecule has 2 aromatic rings. The zero-order valence-corrected chi connectivity index (χ0v) is 14.0. The normalized spacial score (nSPS) is 19.4. The lowest BCUT2D eigenvalue weighted by Gasteiger charge is -2.20. The number of hydrogen-bond donors (Lipinski definition) is 0. The summed E-state index contributed by atoms with van der Waals surface area (Å²) in [6.45, 7) is 10.2. The molecule has 1 aromatic heterocycles. The topological polar surface area (TPSA) is 19.4 Å². The molecule has 0 amide bonds. The first-order valence-corrected chi connectivity index (χ1v) is 8.41. The van der Waals surface area contributed by atoms with Gasteiger partial charge in [-0.1, -0.05) is 19.1 Å². The molecule has 0 spiro atoms. The first-order chi connectivity index (χ1) is 10.6. The molecule has 3 heteroatoms. The lowest BCUT2D eigenvalue weighted by molar-refractivity contribution is 0.268. The Kier molecular flexibility index (Phi) is 4.74. The van der Waals surface area contributed by atoms with Gasteiger partial charge in [-0.25, -0.2) is 0 Å². The first-order valence-electron chi connectivity index (χ1n) is 8.41. The molecule has 0 saturated carbocycles. The van der Waals surface area contributed by atoms with Gasteiger partial charge in [-0.2, -0.15) is 0 Å². The molecule has 1 saturated heterocycles. The van der Waals surface area contributed by atoms with E-state index in [1.54, 1.807) is 0 Å². The van der Waals surface area contributed by atoms with Crippen LogP contribution < -0.4 is 0 Å². The smallest absolute Gasteiger partial charge is 0.0705 e. The minimum atomic E-state index is 0.828. The van der Waals surface area contributed by atoms with Gasteiger partial charge in [-0.3, -0.25) is 9.88 Å². The molecule has 1 atom stereocenters. The summed E-state index contributed by atoms with van der Waals surface area (Å²) in [5.74, 6) is 0.828. The summed E-state index contributed by atoms with van der Waals surface area (Å²) in [4.78, 5) is 9.61. The van der Waals surface area contributed by atoms with Crippen LogP contribution >= 0.6 is 0 Å². The van der Waals surface area contributed by atoms with Gasteiger partial charge >= 0.3 is 0 Å². The van der Waals surface area contributed by atoms with E-state index in [-0.39, 0.29) is 0 Å². The van der Waals surface area contributed by atoms with Crippen LogP contribution in [0.5, 0.6) is 0 Å². The van der Waals surface area contributed by atoms with Crippen molar-refractivity contribution in [2.75, 3.05) is 33.2 Å². The van der Waals surface area contributed by atoms with E-state index in [4.69, 9.17) is 0 Å². The van der Waals surface area contributed by atoms with Crippen molar-refractivity contribution < 1.29 is 0 Å². The Hall–Kier alpha value is -1.45. The number of aryl methyl sites for hydroxylation is 1. The van der Waals surface area contributed by atoms with Crippen molar-refractivity contribution in [1.29, 1.82) is 0 Å². The van der Waals surface area contributed by atoms with Gasteiger partial charge in [0.2, 0.25) is 0 Å². The van der Waals surface area contributed by atoms with Crippen molar-refractivity contribution in [2.45, 2.75) is 26.8 Å². The summed E-state index contributed by atoms with van der Waals surface area (Å²) in [5.41, 5.74) is 3.60. The predicted octanol–water partition coefficient (Wildman–Crippen LogP) is 3.32. The molecule has 1 aliphatic heterocycles. The Morgan fingerprint density at radius 3 is 2.95 bits per heavy atom. The third kappa shape index (κ3) is 3.65. The van der Waals surface area contributed by atoms with Gasteiger partial charge in [0.1, 0.15) is 0 Å². The Morgan fingerprint density at radius 2 is 2.14 bits per heavy atom. The third-order valence-electron chi connectivity index (χ3n) is 4.78. The number of likely N-dealkylation sites (tertiary alicyclic amines) is 1. The summed E-state index contributed by atoms with van der Waals surface area (Å²) in [5, 5.41) is 1.25. The van der Waals surface area contributed by atoms with E-state index in [1.165, 1.54) is 37.0 Å². The monoisotopic (exact) mass is 297 g/mol. The van der Waals surface area contributed by atoms with Crippen molar-refractivity contribution >= 4 is 10.9 Å². The second kappa shape index (κ2) is 6.76. The summed E-state index contributed by atoms with van der Waals surface area (Å²) in [6, 6.07) is 11.0. The van der Waals surface area contributed by atoms with E-state index in [9.17, 15) is 0 Å². The number of pyridine rings is 1. The predicted molar refractivity (Wildman–Crippen MR) is 93.0 cm³/mol. The van der Waals surface area contributed by atoms with E-state index in [2.05, 4.69) is 59.1 Å². The number of nitrogens with zero attached hydrogens (tertiary/aromatic N) is 3. The zero-order chi connectivity index (χ0) is 15.5. The van der Waals surface area contributed by atoms with Crippen molar-refractivity contribution in [2.24, 2.45) is 5.92 Å². The van der Waals surface area contributed by atoms with Gasteiger partial charge < -0.3 is 4.90 Å². The minimum Gasteiger partial charge on any atom is -0.306 e. The fourth-order valence-corrected chi connectivity index (χ4v) is 3.41. The van der Waals surface area contributed by atoms with Crippen LogP contribution in [0.1, 0.15) is 24.6 Å². The van der Waals surface area contributed by atoms with Gasteiger partial charge in [0.05, 0.1) is 5.52 Å². The summed E-state index contributed by atoms with van der Waals surface area (Å²) in [6.07, 6.45) is 1.33. The van der Waals surface area contributed by atoms with Crippen molar-refractivity contribution in [3.05, 3.63) is 41.6 Å². The molecule has 0 radical (unpaired) electrons. The highest BCUT2D eigenvalue weighted by Crippen LogP contribution is 2.21. The minimum absolute atomic E-state index is 0.828. The Labute approximate surface area is 133 Å². The average molecular weight is 297 g/mol. The van der Waals surface area contributed by atoms with Crippen LogP contribution in [0.2, 0.25) is 0 Å². The van der Waals surface area contributed by atoms with Crippen molar-refractivity contribution in [3.63, 3.8) is 0 Å². The van der Waals surface area contributed by atoms with Crippen molar-refractivity contribution in [3.8, 4) is 0 Å². The van der Waals surface area contributed by atoms with Crippen LogP contribution in [-0.4, -0.2) is 48.0 Å². The molecule has 2 heterocycles. The molecule has 0 N–H and O–H groups in total. The molecule has 118 valence electrons. The van der Waals surface area contributed by atoms with E-state index in [0.717, 1.165) is 30.2 Å². The molecule has 3 rings (SSSR count). The lowest BCUT2D eigenvalue weighted by Crippen LogP contribution is -2.28. The van der Waals surface area contributed by atoms with Gasteiger partial charge in [-0.05, 0) is 63.2 Å².